The summed E-state index contributed by atoms with van der Waals surface area (Å²) in [4.78, 5) is 0. The van der Waals surface area contributed by atoms with Crippen molar-refractivity contribution >= 4 is 5.57 Å². The summed E-state index contributed by atoms with van der Waals surface area (Å²) < 4.78 is 40.1. The smallest absolute Gasteiger partial charge is 0.405 e. The Bertz CT molecular complexity index is 757. The lowest BCUT2D eigenvalue weighted by atomic mass is 9.79. The number of hydrogen-bond donors (Lipinski definition) is 4. The van der Waals surface area contributed by atoms with Crippen molar-refractivity contribution in [1.82, 2.24) is 5.43 Å². The summed E-state index contributed by atoms with van der Waals surface area (Å²) in [7, 11) is 0. The van der Waals surface area contributed by atoms with E-state index < -0.39 is 11.7 Å². The highest BCUT2D eigenvalue weighted by Gasteiger charge is 2.36. The van der Waals surface area contributed by atoms with Crippen molar-refractivity contribution in [3.8, 4) is 0 Å². The van der Waals surface area contributed by atoms with Crippen LogP contribution in [0.3, 0.4) is 0 Å². The highest BCUT2D eigenvalue weighted by molar-refractivity contribution is 5.83. The van der Waals surface area contributed by atoms with E-state index in [1.165, 1.54) is 6.08 Å². The van der Waals surface area contributed by atoms with Crippen LogP contribution in [0.4, 0.5) is 13.2 Å². The van der Waals surface area contributed by atoms with E-state index in [1.807, 2.05) is 19.9 Å². The topological polar surface area (TPSA) is 90.1 Å². The molecule has 0 saturated heterocycles. The van der Waals surface area contributed by atoms with Crippen molar-refractivity contribution in [2.75, 3.05) is 6.54 Å². The zero-order valence-corrected chi connectivity index (χ0v) is 15.7. The van der Waals surface area contributed by atoms with Gasteiger partial charge in [-0.3, -0.25) is 5.84 Å². The van der Waals surface area contributed by atoms with Crippen LogP contribution in [0.25, 0.3) is 5.57 Å². The average molecular weight is 380 g/mol. The maximum Gasteiger partial charge on any atom is 0.416 e. The minimum Gasteiger partial charge on any atom is -0.405 e. The monoisotopic (exact) mass is 380 g/mol. The van der Waals surface area contributed by atoms with E-state index in [1.54, 1.807) is 18.2 Å². The molecule has 0 aliphatic carbocycles. The molecule has 0 fully saturated rings. The zero-order valence-electron chi connectivity index (χ0n) is 15.7. The molecule has 1 aromatic carbocycles. The van der Waals surface area contributed by atoms with E-state index in [-0.39, 0.29) is 22.3 Å². The molecule has 1 unspecified atom stereocenters. The van der Waals surface area contributed by atoms with Gasteiger partial charge in [-0.15, -0.1) is 0 Å². The SMILES string of the molecule is C=C(NN)/C(C(=C)C(F)(F)F)=C(\C=C/N)c1cccc(C(C)(CC)CN)c1. The Labute approximate surface area is 158 Å². The van der Waals surface area contributed by atoms with E-state index in [2.05, 4.69) is 18.6 Å². The maximum absolute atomic E-state index is 13.4. The maximum atomic E-state index is 13.4. The summed E-state index contributed by atoms with van der Waals surface area (Å²) in [6.07, 6.45) is -1.34. The van der Waals surface area contributed by atoms with Gasteiger partial charge in [0.15, 0.2) is 0 Å². The number of benzene rings is 1. The number of hydrogen-bond acceptors (Lipinski definition) is 4. The molecule has 7 N–H and O–H groups in total. The molecule has 0 amide bonds. The molecule has 0 aliphatic rings. The molecule has 1 atom stereocenters. The summed E-state index contributed by atoms with van der Waals surface area (Å²) in [5, 5.41) is 0. The van der Waals surface area contributed by atoms with Gasteiger partial charge < -0.3 is 16.9 Å². The lowest BCUT2D eigenvalue weighted by Crippen LogP contribution is -2.31. The van der Waals surface area contributed by atoms with Crippen LogP contribution in [0.15, 0.2) is 66.5 Å². The molecular weight excluding hydrogens is 353 g/mol. The van der Waals surface area contributed by atoms with Crippen LogP contribution in [-0.2, 0) is 5.41 Å². The molecule has 0 bridgehead atoms. The fraction of sp³-hybridized carbons (Fsp3) is 0.300. The van der Waals surface area contributed by atoms with Gasteiger partial charge in [-0.1, -0.05) is 51.3 Å². The first-order valence-electron chi connectivity index (χ1n) is 8.41. The van der Waals surface area contributed by atoms with Crippen molar-refractivity contribution in [1.29, 1.82) is 0 Å². The Kier molecular flexibility index (Phi) is 7.45. The van der Waals surface area contributed by atoms with Crippen LogP contribution in [0.1, 0.15) is 31.4 Å². The third-order valence-electron chi connectivity index (χ3n) is 4.75. The first kappa shape index (κ1) is 22.5. The van der Waals surface area contributed by atoms with Crippen molar-refractivity contribution in [3.63, 3.8) is 0 Å². The van der Waals surface area contributed by atoms with Crippen LogP contribution in [0, 0.1) is 0 Å². The van der Waals surface area contributed by atoms with Crippen LogP contribution in [0.5, 0.6) is 0 Å². The van der Waals surface area contributed by atoms with Gasteiger partial charge in [0.05, 0.1) is 5.57 Å². The normalized spacial score (nSPS) is 15.2. The Balaban J connectivity index is 3.78. The van der Waals surface area contributed by atoms with Gasteiger partial charge >= 0.3 is 6.18 Å². The first-order valence-corrected chi connectivity index (χ1v) is 8.41. The molecule has 1 rings (SSSR count). The third-order valence-corrected chi connectivity index (χ3v) is 4.75. The molecular formula is C20H27F3N4. The minimum absolute atomic E-state index is 0.118. The third kappa shape index (κ3) is 5.02. The largest absolute Gasteiger partial charge is 0.416 e. The van der Waals surface area contributed by atoms with E-state index in [9.17, 15) is 13.2 Å². The zero-order chi connectivity index (χ0) is 20.8. The van der Waals surface area contributed by atoms with Crippen molar-refractivity contribution in [2.24, 2.45) is 17.3 Å². The van der Waals surface area contributed by atoms with Crippen LogP contribution in [0.2, 0.25) is 0 Å². The molecule has 0 radical (unpaired) electrons. The highest BCUT2D eigenvalue weighted by Crippen LogP contribution is 2.38. The quantitative estimate of drug-likeness (QED) is 0.315. The van der Waals surface area contributed by atoms with Gasteiger partial charge in [0.25, 0.3) is 0 Å². The lowest BCUT2D eigenvalue weighted by molar-refractivity contribution is -0.0887. The van der Waals surface area contributed by atoms with E-state index in [0.29, 0.717) is 12.1 Å². The van der Waals surface area contributed by atoms with E-state index in [4.69, 9.17) is 17.3 Å². The van der Waals surface area contributed by atoms with Gasteiger partial charge in [-0.2, -0.15) is 13.2 Å². The van der Waals surface area contributed by atoms with Crippen LogP contribution >= 0.6 is 0 Å². The number of hydrazine groups is 1. The molecule has 0 spiro atoms. The molecule has 4 nitrogen and oxygen atoms in total. The summed E-state index contributed by atoms with van der Waals surface area (Å²) in [5.74, 6) is 5.34. The van der Waals surface area contributed by atoms with Crippen LogP contribution in [-0.4, -0.2) is 12.7 Å². The first-order chi connectivity index (χ1) is 12.6. The second-order valence-electron chi connectivity index (χ2n) is 6.45. The van der Waals surface area contributed by atoms with Crippen molar-refractivity contribution in [2.45, 2.75) is 31.9 Å². The number of alkyl halides is 3. The Morgan fingerprint density at radius 1 is 1.26 bits per heavy atom. The van der Waals surface area contributed by atoms with Crippen LogP contribution < -0.4 is 22.7 Å². The molecule has 0 aromatic heterocycles. The Hall–Kier alpha value is -2.51. The van der Waals surface area contributed by atoms with Gasteiger partial charge in [-0.25, -0.2) is 0 Å². The van der Waals surface area contributed by atoms with Crippen molar-refractivity contribution in [3.05, 3.63) is 77.7 Å². The molecule has 1 aromatic rings. The van der Waals surface area contributed by atoms with E-state index in [0.717, 1.165) is 18.2 Å². The molecule has 0 aliphatic heterocycles. The van der Waals surface area contributed by atoms with Gasteiger partial charge in [0.1, 0.15) is 0 Å². The minimum atomic E-state index is -4.66. The molecule has 27 heavy (non-hydrogen) atoms. The number of nitrogens with one attached hydrogen (secondary N) is 1. The molecule has 0 heterocycles. The summed E-state index contributed by atoms with van der Waals surface area (Å²) in [6, 6.07) is 7.17. The molecule has 7 heteroatoms. The predicted octanol–water partition coefficient (Wildman–Crippen LogP) is 3.63. The van der Waals surface area contributed by atoms with Gasteiger partial charge in [-0.05, 0) is 35.4 Å². The Morgan fingerprint density at radius 3 is 2.33 bits per heavy atom. The lowest BCUT2D eigenvalue weighted by Gasteiger charge is -2.28. The summed E-state index contributed by atoms with van der Waals surface area (Å²) >= 11 is 0. The van der Waals surface area contributed by atoms with Crippen molar-refractivity contribution < 1.29 is 13.2 Å². The number of rotatable bonds is 8. The number of allylic oxidation sites excluding steroid dienone is 3. The second-order valence-corrected chi connectivity index (χ2v) is 6.45. The summed E-state index contributed by atoms with van der Waals surface area (Å²) in [5.41, 5.74) is 13.5. The van der Waals surface area contributed by atoms with Gasteiger partial charge in [0, 0.05) is 23.2 Å². The number of nitrogens with two attached hydrogens (primary N) is 3. The summed E-state index contributed by atoms with van der Waals surface area (Å²) in [6.45, 7) is 11.2. The average Bonchev–Trinajstić information content (AvgIpc) is 2.65. The predicted molar refractivity (Wildman–Crippen MR) is 105 cm³/mol. The number of halogens is 3. The Morgan fingerprint density at radius 2 is 1.89 bits per heavy atom. The van der Waals surface area contributed by atoms with E-state index >= 15 is 0 Å². The van der Waals surface area contributed by atoms with Gasteiger partial charge in [0.2, 0.25) is 0 Å². The standard InChI is InChI=1S/C20H27F3N4/c1-5-19(4,12-25)16-8-6-7-15(11-16)17(9-10-24)18(14(3)27-26)13(2)20(21,22)23/h6-11,27H,2-3,5,12,24-26H2,1,4H3/b10-9-,18-17+. The molecule has 148 valence electrons. The molecule has 0 saturated carbocycles. The highest BCUT2D eigenvalue weighted by atomic mass is 19.4. The fourth-order valence-corrected chi connectivity index (χ4v) is 2.67. The fourth-order valence-electron chi connectivity index (χ4n) is 2.67. The second kappa shape index (κ2) is 8.92.